The summed E-state index contributed by atoms with van der Waals surface area (Å²) in [6.07, 6.45) is 0. The van der Waals surface area contributed by atoms with E-state index in [2.05, 4.69) is 89.5 Å². The van der Waals surface area contributed by atoms with Crippen molar-refractivity contribution in [3.63, 3.8) is 0 Å². The maximum atomic E-state index is 2.38. The van der Waals surface area contributed by atoms with Crippen LogP contribution in [0.4, 0.5) is 0 Å². The van der Waals surface area contributed by atoms with Gasteiger partial charge in [-0.3, -0.25) is 0 Å². The Balaban J connectivity index is -0.000000308. The molecule has 0 atom stereocenters. The summed E-state index contributed by atoms with van der Waals surface area (Å²) in [5.41, 5.74) is 2.80. The van der Waals surface area contributed by atoms with Gasteiger partial charge in [0.2, 0.25) is 0 Å². The zero-order chi connectivity index (χ0) is 15.6. The molecular weight excluding hydrogens is 434 g/mol. The topological polar surface area (TPSA) is 0 Å². The van der Waals surface area contributed by atoms with E-state index in [1.807, 2.05) is 0 Å². The summed E-state index contributed by atoms with van der Waals surface area (Å²) >= 11 is 0. The van der Waals surface area contributed by atoms with Crippen molar-refractivity contribution < 1.29 is 51.0 Å². The first kappa shape index (κ1) is 28.4. The van der Waals surface area contributed by atoms with Gasteiger partial charge in [-0.25, -0.2) is 22.5 Å². The third-order valence-corrected chi connectivity index (χ3v) is 7.64. The van der Waals surface area contributed by atoms with E-state index >= 15 is 0 Å². The zero-order valence-corrected chi connectivity index (χ0v) is 21.7. The van der Waals surface area contributed by atoms with Gasteiger partial charge in [-0.1, -0.05) is 53.1 Å². The summed E-state index contributed by atoms with van der Waals surface area (Å²) in [5, 5.41) is 3.15. The molecule has 0 amide bonds. The van der Waals surface area contributed by atoms with Gasteiger partial charge in [-0.15, -0.1) is 0 Å². The fourth-order valence-electron chi connectivity index (χ4n) is 2.06. The second-order valence-corrected chi connectivity index (χ2v) is 18.0. The normalized spacial score (nSPS) is 10.4. The number of hydrogen-bond donors (Lipinski definition) is 0. The molecule has 5 heteroatoms. The standard InChI is InChI=1S/2C9H15Si.2ClH.Zr/c2*1-8-5-6-9(7-8)10(2,3)4;;;/h2*5-7H,1-4H3;2*1H;/q2*-1;;;+4/p-2. The van der Waals surface area contributed by atoms with E-state index in [0.717, 1.165) is 0 Å². The number of aryl methyl sites for hydroxylation is 2. The van der Waals surface area contributed by atoms with Crippen molar-refractivity contribution in [3.05, 3.63) is 47.5 Å². The molecule has 0 fully saturated rings. The van der Waals surface area contributed by atoms with Crippen molar-refractivity contribution >= 4 is 26.5 Å². The first-order chi connectivity index (χ1) is 9.00. The van der Waals surface area contributed by atoms with Gasteiger partial charge < -0.3 is 24.8 Å². The summed E-state index contributed by atoms with van der Waals surface area (Å²) in [6.45, 7) is 18.6. The van der Waals surface area contributed by atoms with Crippen LogP contribution in [0.2, 0.25) is 39.3 Å². The molecule has 0 bridgehead atoms. The monoisotopic (exact) mass is 462 g/mol. The minimum Gasteiger partial charge on any atom is -1.00 e. The molecule has 0 saturated carbocycles. The third kappa shape index (κ3) is 10.2. The Morgan fingerprint density at radius 1 is 0.652 bits per heavy atom. The van der Waals surface area contributed by atoms with E-state index in [1.165, 1.54) is 11.1 Å². The van der Waals surface area contributed by atoms with Crippen LogP contribution in [-0.2, 0) is 26.2 Å². The second-order valence-electron chi connectivity index (χ2n) is 7.85. The van der Waals surface area contributed by atoms with Gasteiger partial charge in [0, 0.05) is 16.1 Å². The number of rotatable bonds is 2. The second kappa shape index (κ2) is 11.3. The van der Waals surface area contributed by atoms with Crippen molar-refractivity contribution in [3.8, 4) is 0 Å². The van der Waals surface area contributed by atoms with E-state index in [9.17, 15) is 0 Å². The van der Waals surface area contributed by atoms with Crippen molar-refractivity contribution in [2.45, 2.75) is 53.1 Å². The Morgan fingerprint density at radius 3 is 1.00 bits per heavy atom. The van der Waals surface area contributed by atoms with Gasteiger partial charge in [-0.05, 0) is 0 Å². The van der Waals surface area contributed by atoms with Crippen LogP contribution in [0.15, 0.2) is 36.4 Å². The average Bonchev–Trinajstić information content (AvgIpc) is 2.85. The quantitative estimate of drug-likeness (QED) is 0.376. The van der Waals surface area contributed by atoms with Crippen LogP contribution in [0, 0.1) is 13.8 Å². The van der Waals surface area contributed by atoms with Crippen LogP contribution < -0.4 is 35.2 Å². The summed E-state index contributed by atoms with van der Waals surface area (Å²) in [7, 11) is -2.02. The first-order valence-electron chi connectivity index (χ1n) is 7.48. The van der Waals surface area contributed by atoms with Crippen LogP contribution >= 0.6 is 0 Å². The summed E-state index contributed by atoms with van der Waals surface area (Å²) in [4.78, 5) is 0. The van der Waals surface area contributed by atoms with Gasteiger partial charge in [-0.2, -0.15) is 35.4 Å². The molecule has 0 aromatic heterocycles. The predicted octanol–water partition coefficient (Wildman–Crippen LogP) is -1.48. The van der Waals surface area contributed by atoms with Crippen molar-refractivity contribution in [2.24, 2.45) is 0 Å². The molecule has 23 heavy (non-hydrogen) atoms. The minimum atomic E-state index is -1.01. The molecule has 128 valence electrons. The smallest absolute Gasteiger partial charge is 1.00 e. The van der Waals surface area contributed by atoms with Crippen LogP contribution in [0.1, 0.15) is 11.1 Å². The first-order valence-corrected chi connectivity index (χ1v) is 14.5. The van der Waals surface area contributed by atoms with Gasteiger partial charge in [0.25, 0.3) is 0 Å². The fourth-order valence-corrected chi connectivity index (χ4v) is 4.55. The fraction of sp³-hybridized carbons (Fsp3) is 0.444. The SMILES string of the molecule is C[c-]1ccc([Si](C)(C)C)c1.C[c-]1ccc([Si](C)(C)C)c1.[Cl-].[Cl-].[Zr+4]. The van der Waals surface area contributed by atoms with Crippen LogP contribution in [-0.4, -0.2) is 16.1 Å². The summed E-state index contributed by atoms with van der Waals surface area (Å²) in [6, 6.07) is 13.6. The van der Waals surface area contributed by atoms with E-state index < -0.39 is 16.1 Å². The molecule has 0 aliphatic heterocycles. The molecule has 2 rings (SSSR count). The summed E-state index contributed by atoms with van der Waals surface area (Å²) < 4.78 is 0. The zero-order valence-electron chi connectivity index (χ0n) is 15.7. The van der Waals surface area contributed by atoms with E-state index in [-0.39, 0.29) is 51.0 Å². The van der Waals surface area contributed by atoms with Gasteiger partial charge in [0.15, 0.2) is 0 Å². The number of halogens is 2. The Labute approximate surface area is 177 Å². The van der Waals surface area contributed by atoms with Crippen LogP contribution in [0.25, 0.3) is 0 Å². The molecule has 0 heterocycles. The maximum absolute atomic E-state index is 2.38. The molecule has 0 radical (unpaired) electrons. The van der Waals surface area contributed by atoms with E-state index in [4.69, 9.17) is 0 Å². The van der Waals surface area contributed by atoms with Crippen molar-refractivity contribution in [1.29, 1.82) is 0 Å². The average molecular weight is 465 g/mol. The molecule has 0 unspecified atom stereocenters. The van der Waals surface area contributed by atoms with Crippen LogP contribution in [0.5, 0.6) is 0 Å². The Bertz CT molecular complexity index is 496. The molecular formula is C18H30Cl2Si2Zr. The number of hydrogen-bond acceptors (Lipinski definition) is 0. The molecule has 0 aliphatic carbocycles. The minimum absolute atomic E-state index is 0. The van der Waals surface area contributed by atoms with E-state index in [0.29, 0.717) is 0 Å². The molecule has 0 spiro atoms. The predicted molar refractivity (Wildman–Crippen MR) is 99.5 cm³/mol. The van der Waals surface area contributed by atoms with Gasteiger partial charge in [0.05, 0.1) is 0 Å². The van der Waals surface area contributed by atoms with Crippen molar-refractivity contribution in [1.82, 2.24) is 0 Å². The van der Waals surface area contributed by atoms with E-state index in [1.54, 1.807) is 10.4 Å². The summed E-state index contributed by atoms with van der Waals surface area (Å²) in [5.74, 6) is 0. The molecule has 0 N–H and O–H groups in total. The molecule has 0 aliphatic rings. The molecule has 2 aromatic carbocycles. The molecule has 0 nitrogen and oxygen atoms in total. The maximum Gasteiger partial charge on any atom is 4.00 e. The van der Waals surface area contributed by atoms with Gasteiger partial charge >= 0.3 is 26.2 Å². The van der Waals surface area contributed by atoms with Crippen LogP contribution in [0.3, 0.4) is 0 Å². The Kier molecular flexibility index (Phi) is 13.9. The van der Waals surface area contributed by atoms with Gasteiger partial charge in [0.1, 0.15) is 0 Å². The van der Waals surface area contributed by atoms with Crippen molar-refractivity contribution in [2.75, 3.05) is 0 Å². The molecule has 2 aromatic rings. The Hall–Kier alpha value is 0.597. The largest absolute Gasteiger partial charge is 4.00 e. The third-order valence-electron chi connectivity index (χ3n) is 3.55. The Morgan fingerprint density at radius 2 is 0.913 bits per heavy atom. The molecule has 0 saturated heterocycles.